The standard InChI is InChI=1S/C28H32N2O6/c1-3-17-36-21-11-9-20(10-12-21)26(31)24-25(22-7-5-6-8-23(22)35-4-2)30(28(33)27(24)32)14-13-29-15-18-34-19-16-29/h3,5-12,25,31H,1,4,13-19H2,2H3/b26-24+. The molecule has 2 aliphatic rings. The van der Waals surface area contributed by atoms with Gasteiger partial charge in [-0.2, -0.15) is 0 Å². The number of para-hydroxylation sites is 1. The average molecular weight is 493 g/mol. The number of Topliss-reactive ketones (excluding diaryl/α,β-unsaturated/α-hetero) is 1. The summed E-state index contributed by atoms with van der Waals surface area (Å²) in [6.07, 6.45) is 1.64. The number of benzene rings is 2. The number of ether oxygens (including phenoxy) is 3. The first-order valence-corrected chi connectivity index (χ1v) is 12.2. The van der Waals surface area contributed by atoms with E-state index in [0.29, 0.717) is 62.1 Å². The molecule has 2 saturated heterocycles. The van der Waals surface area contributed by atoms with Crippen molar-refractivity contribution in [3.05, 3.63) is 77.9 Å². The van der Waals surface area contributed by atoms with Gasteiger partial charge in [-0.3, -0.25) is 14.5 Å². The van der Waals surface area contributed by atoms with Crippen molar-refractivity contribution in [3.8, 4) is 11.5 Å². The van der Waals surface area contributed by atoms with Crippen molar-refractivity contribution in [2.75, 3.05) is 52.6 Å². The van der Waals surface area contributed by atoms with Gasteiger partial charge in [0.1, 0.15) is 23.9 Å². The monoisotopic (exact) mass is 492 g/mol. The van der Waals surface area contributed by atoms with Gasteiger partial charge in [0, 0.05) is 37.3 Å². The third kappa shape index (κ3) is 5.45. The number of rotatable bonds is 10. The summed E-state index contributed by atoms with van der Waals surface area (Å²) in [5.74, 6) is -0.392. The number of nitrogens with zero attached hydrogens (tertiary/aromatic N) is 2. The summed E-state index contributed by atoms with van der Waals surface area (Å²) in [6.45, 7) is 10.0. The van der Waals surface area contributed by atoms with Gasteiger partial charge in [-0.1, -0.05) is 30.9 Å². The maximum Gasteiger partial charge on any atom is 0.295 e. The van der Waals surface area contributed by atoms with Crippen molar-refractivity contribution in [2.24, 2.45) is 0 Å². The Bertz CT molecular complexity index is 1120. The van der Waals surface area contributed by atoms with Crippen molar-refractivity contribution in [1.29, 1.82) is 0 Å². The van der Waals surface area contributed by atoms with Crippen molar-refractivity contribution in [3.63, 3.8) is 0 Å². The van der Waals surface area contributed by atoms with Crippen LogP contribution in [0.5, 0.6) is 11.5 Å². The number of ketones is 1. The van der Waals surface area contributed by atoms with E-state index in [0.717, 1.165) is 13.1 Å². The summed E-state index contributed by atoms with van der Waals surface area (Å²) in [7, 11) is 0. The minimum atomic E-state index is -0.773. The van der Waals surface area contributed by atoms with Crippen LogP contribution in [0.25, 0.3) is 5.76 Å². The lowest BCUT2D eigenvalue weighted by Crippen LogP contribution is -2.42. The molecule has 1 atom stereocenters. The minimum absolute atomic E-state index is 0.0499. The average Bonchev–Trinajstić information content (AvgIpc) is 3.16. The Morgan fingerprint density at radius 3 is 2.50 bits per heavy atom. The highest BCUT2D eigenvalue weighted by Crippen LogP contribution is 2.42. The summed E-state index contributed by atoms with van der Waals surface area (Å²) < 4.78 is 16.8. The minimum Gasteiger partial charge on any atom is -0.507 e. The highest BCUT2D eigenvalue weighted by molar-refractivity contribution is 6.46. The molecule has 2 aromatic rings. The van der Waals surface area contributed by atoms with Crippen molar-refractivity contribution < 1.29 is 28.9 Å². The maximum absolute atomic E-state index is 13.3. The van der Waals surface area contributed by atoms with E-state index in [1.165, 1.54) is 0 Å². The van der Waals surface area contributed by atoms with Crippen LogP contribution < -0.4 is 9.47 Å². The highest BCUT2D eigenvalue weighted by Gasteiger charge is 2.47. The fraction of sp³-hybridized carbons (Fsp3) is 0.357. The van der Waals surface area contributed by atoms with Crippen LogP contribution in [-0.2, 0) is 14.3 Å². The number of likely N-dealkylation sites (tertiary alicyclic amines) is 1. The van der Waals surface area contributed by atoms with Gasteiger partial charge >= 0.3 is 0 Å². The Balaban J connectivity index is 1.73. The molecule has 36 heavy (non-hydrogen) atoms. The highest BCUT2D eigenvalue weighted by atomic mass is 16.5. The molecule has 2 fully saturated rings. The molecule has 1 amide bonds. The van der Waals surface area contributed by atoms with Gasteiger partial charge in [-0.25, -0.2) is 0 Å². The number of amides is 1. The molecule has 8 heteroatoms. The number of aliphatic hydroxyl groups is 1. The Morgan fingerprint density at radius 1 is 1.08 bits per heavy atom. The lowest BCUT2D eigenvalue weighted by molar-refractivity contribution is -0.140. The number of carbonyl (C=O) groups is 2. The summed E-state index contributed by atoms with van der Waals surface area (Å²) in [5.41, 5.74) is 1.13. The molecule has 0 aliphatic carbocycles. The smallest absolute Gasteiger partial charge is 0.295 e. The predicted octanol–water partition coefficient (Wildman–Crippen LogP) is 3.40. The Morgan fingerprint density at radius 2 is 1.81 bits per heavy atom. The van der Waals surface area contributed by atoms with Gasteiger partial charge in [-0.05, 0) is 37.3 Å². The molecule has 1 unspecified atom stereocenters. The molecule has 2 heterocycles. The number of aliphatic hydroxyl groups excluding tert-OH is 1. The molecular formula is C28H32N2O6. The molecule has 2 aromatic carbocycles. The molecule has 0 saturated carbocycles. The lowest BCUT2D eigenvalue weighted by Gasteiger charge is -2.31. The van der Waals surface area contributed by atoms with Crippen LogP contribution in [0.4, 0.5) is 0 Å². The fourth-order valence-corrected chi connectivity index (χ4v) is 4.52. The number of carbonyl (C=O) groups excluding carboxylic acids is 2. The molecule has 0 radical (unpaired) electrons. The quantitative estimate of drug-likeness (QED) is 0.235. The van der Waals surface area contributed by atoms with Gasteiger partial charge in [-0.15, -0.1) is 0 Å². The van der Waals surface area contributed by atoms with E-state index in [-0.39, 0.29) is 11.3 Å². The predicted molar refractivity (Wildman–Crippen MR) is 136 cm³/mol. The van der Waals surface area contributed by atoms with Crippen molar-refractivity contribution in [1.82, 2.24) is 9.80 Å². The maximum atomic E-state index is 13.3. The zero-order valence-corrected chi connectivity index (χ0v) is 20.5. The zero-order chi connectivity index (χ0) is 25.5. The Hall–Kier alpha value is -3.62. The molecule has 4 rings (SSSR count). The van der Waals surface area contributed by atoms with Gasteiger partial charge in [0.15, 0.2) is 0 Å². The summed E-state index contributed by atoms with van der Waals surface area (Å²) in [6, 6.07) is 13.3. The van der Waals surface area contributed by atoms with Gasteiger partial charge in [0.2, 0.25) is 0 Å². The van der Waals surface area contributed by atoms with Crippen LogP contribution in [-0.4, -0.2) is 79.2 Å². The van der Waals surface area contributed by atoms with E-state index in [1.807, 2.05) is 31.2 Å². The van der Waals surface area contributed by atoms with Crippen molar-refractivity contribution >= 4 is 17.4 Å². The van der Waals surface area contributed by atoms with Crippen LogP contribution in [0.15, 0.2) is 66.8 Å². The van der Waals surface area contributed by atoms with E-state index in [4.69, 9.17) is 14.2 Å². The summed E-state index contributed by atoms with van der Waals surface area (Å²) in [4.78, 5) is 30.3. The van der Waals surface area contributed by atoms with Crippen LogP contribution in [0.3, 0.4) is 0 Å². The lowest BCUT2D eigenvalue weighted by atomic mass is 9.94. The molecule has 0 aromatic heterocycles. The first kappa shape index (κ1) is 25.5. The third-order valence-corrected chi connectivity index (χ3v) is 6.31. The molecule has 190 valence electrons. The Labute approximate surface area is 211 Å². The molecule has 0 bridgehead atoms. The second-order valence-electron chi connectivity index (χ2n) is 8.54. The zero-order valence-electron chi connectivity index (χ0n) is 20.5. The first-order valence-electron chi connectivity index (χ1n) is 12.2. The third-order valence-electron chi connectivity index (χ3n) is 6.31. The van der Waals surface area contributed by atoms with E-state index in [1.54, 1.807) is 35.2 Å². The van der Waals surface area contributed by atoms with E-state index >= 15 is 0 Å². The van der Waals surface area contributed by atoms with Crippen molar-refractivity contribution in [2.45, 2.75) is 13.0 Å². The van der Waals surface area contributed by atoms with Crippen LogP contribution >= 0.6 is 0 Å². The van der Waals surface area contributed by atoms with E-state index in [2.05, 4.69) is 11.5 Å². The molecule has 1 N–H and O–H groups in total. The molecule has 2 aliphatic heterocycles. The number of hydrogen-bond acceptors (Lipinski definition) is 7. The summed E-state index contributed by atoms with van der Waals surface area (Å²) >= 11 is 0. The van der Waals surface area contributed by atoms with E-state index < -0.39 is 17.7 Å². The first-order chi connectivity index (χ1) is 17.5. The topological polar surface area (TPSA) is 88.5 Å². The summed E-state index contributed by atoms with van der Waals surface area (Å²) in [5, 5.41) is 11.3. The second-order valence-corrected chi connectivity index (χ2v) is 8.54. The SMILES string of the molecule is C=CCOc1ccc(/C(O)=C2\C(=O)C(=O)N(CCN3CCOCC3)C2c2ccccc2OCC)cc1. The fourth-order valence-electron chi connectivity index (χ4n) is 4.52. The largest absolute Gasteiger partial charge is 0.507 e. The molecule has 0 spiro atoms. The van der Waals surface area contributed by atoms with Crippen LogP contribution in [0.1, 0.15) is 24.1 Å². The van der Waals surface area contributed by atoms with Crippen LogP contribution in [0.2, 0.25) is 0 Å². The molecule has 8 nitrogen and oxygen atoms in total. The van der Waals surface area contributed by atoms with Gasteiger partial charge in [0.25, 0.3) is 11.7 Å². The normalized spacial score (nSPS) is 19.9. The Kier molecular flexibility index (Phi) is 8.40. The number of hydrogen-bond donors (Lipinski definition) is 1. The van der Waals surface area contributed by atoms with E-state index in [9.17, 15) is 14.7 Å². The van der Waals surface area contributed by atoms with Gasteiger partial charge < -0.3 is 24.2 Å². The molecular weight excluding hydrogens is 460 g/mol. The number of morpholine rings is 1. The van der Waals surface area contributed by atoms with Gasteiger partial charge in [0.05, 0.1) is 31.4 Å². The van der Waals surface area contributed by atoms with Crippen LogP contribution in [0, 0.1) is 0 Å². The second kappa shape index (κ2) is 11.9.